The van der Waals surface area contributed by atoms with Crippen LogP contribution in [0, 0.1) is 11.3 Å². The lowest BCUT2D eigenvalue weighted by Gasteiger charge is -2.08. The van der Waals surface area contributed by atoms with Crippen LogP contribution in [0.5, 0.6) is 0 Å². The molecule has 0 atom stereocenters. The van der Waals surface area contributed by atoms with Crippen molar-refractivity contribution in [1.82, 2.24) is 4.72 Å². The molecule has 0 aliphatic rings. The molecule has 0 bridgehead atoms. The molecule has 0 radical (unpaired) electrons. The van der Waals surface area contributed by atoms with Gasteiger partial charge in [-0.05, 0) is 42.5 Å². The summed E-state index contributed by atoms with van der Waals surface area (Å²) in [6.45, 7) is -0.0474. The van der Waals surface area contributed by atoms with E-state index in [1.54, 1.807) is 18.2 Å². The zero-order valence-corrected chi connectivity index (χ0v) is 16.0. The molecule has 1 amide bonds. The van der Waals surface area contributed by atoms with Gasteiger partial charge in [-0.2, -0.15) is 5.26 Å². The van der Waals surface area contributed by atoms with E-state index >= 15 is 0 Å². The molecule has 0 spiro atoms. The molecular weight excluding hydrogens is 430 g/mol. The number of carbonyl (C=O) groups excluding carboxylic acids is 1. The van der Waals surface area contributed by atoms with Gasteiger partial charge in [-0.15, -0.1) is 0 Å². The fourth-order valence-corrected chi connectivity index (χ4v) is 3.42. The minimum atomic E-state index is -3.67. The van der Waals surface area contributed by atoms with E-state index in [9.17, 15) is 13.2 Å². The fourth-order valence-electron chi connectivity index (χ4n) is 1.90. The van der Waals surface area contributed by atoms with Crippen LogP contribution in [0.1, 0.15) is 12.0 Å². The first-order chi connectivity index (χ1) is 11.8. The summed E-state index contributed by atoms with van der Waals surface area (Å²) in [5.74, 6) is -0.376. The largest absolute Gasteiger partial charge is 0.326 e. The van der Waals surface area contributed by atoms with Gasteiger partial charge < -0.3 is 5.32 Å². The van der Waals surface area contributed by atoms with E-state index in [0.717, 1.165) is 4.47 Å². The molecule has 0 saturated carbocycles. The maximum Gasteiger partial charge on any atom is 0.240 e. The number of halogens is 2. The van der Waals surface area contributed by atoms with E-state index in [4.69, 9.17) is 16.9 Å². The van der Waals surface area contributed by atoms with E-state index in [-0.39, 0.29) is 28.8 Å². The second-order valence-electron chi connectivity index (χ2n) is 4.96. The average molecular weight is 443 g/mol. The first kappa shape index (κ1) is 19.4. The van der Waals surface area contributed by atoms with Gasteiger partial charge in [0.05, 0.1) is 15.5 Å². The lowest BCUT2D eigenvalue weighted by Crippen LogP contribution is -2.27. The van der Waals surface area contributed by atoms with Gasteiger partial charge >= 0.3 is 0 Å². The van der Waals surface area contributed by atoms with E-state index in [0.29, 0.717) is 11.3 Å². The number of nitrogens with one attached hydrogen (secondary N) is 2. The lowest BCUT2D eigenvalue weighted by atomic mass is 10.2. The van der Waals surface area contributed by atoms with Gasteiger partial charge in [0.25, 0.3) is 0 Å². The van der Waals surface area contributed by atoms with Gasteiger partial charge in [-0.3, -0.25) is 4.79 Å². The minimum Gasteiger partial charge on any atom is -0.326 e. The van der Waals surface area contributed by atoms with Gasteiger partial charge in [-0.25, -0.2) is 13.1 Å². The topological polar surface area (TPSA) is 99.1 Å². The molecule has 25 heavy (non-hydrogen) atoms. The summed E-state index contributed by atoms with van der Waals surface area (Å²) in [7, 11) is -3.67. The summed E-state index contributed by atoms with van der Waals surface area (Å²) >= 11 is 9.12. The van der Waals surface area contributed by atoms with Gasteiger partial charge in [0.15, 0.2) is 0 Å². The Labute approximate surface area is 159 Å². The Kier molecular flexibility index (Phi) is 6.56. The zero-order valence-electron chi connectivity index (χ0n) is 12.8. The first-order valence-electron chi connectivity index (χ1n) is 7.06. The zero-order chi connectivity index (χ0) is 18.4. The fraction of sp³-hybridized carbons (Fsp3) is 0.125. The van der Waals surface area contributed by atoms with Crippen LogP contribution in [0.25, 0.3) is 0 Å². The molecule has 2 aromatic rings. The van der Waals surface area contributed by atoms with Crippen molar-refractivity contribution in [3.63, 3.8) is 0 Å². The smallest absolute Gasteiger partial charge is 0.240 e. The highest BCUT2D eigenvalue weighted by atomic mass is 79.9. The van der Waals surface area contributed by atoms with Crippen LogP contribution in [0.15, 0.2) is 51.8 Å². The molecule has 0 heterocycles. The summed E-state index contributed by atoms with van der Waals surface area (Å²) in [6.07, 6.45) is -0.0482. The van der Waals surface area contributed by atoms with Crippen molar-refractivity contribution in [3.05, 3.63) is 57.5 Å². The maximum absolute atomic E-state index is 12.1. The molecule has 0 saturated heterocycles. The van der Waals surface area contributed by atoms with Crippen molar-refractivity contribution in [2.45, 2.75) is 11.3 Å². The highest BCUT2D eigenvalue weighted by Crippen LogP contribution is 2.20. The lowest BCUT2D eigenvalue weighted by molar-refractivity contribution is -0.116. The van der Waals surface area contributed by atoms with Crippen molar-refractivity contribution in [2.75, 3.05) is 11.9 Å². The third kappa shape index (κ3) is 5.54. The number of nitriles is 1. The third-order valence-corrected chi connectivity index (χ3v) is 5.46. The Balaban J connectivity index is 1.89. The normalized spacial score (nSPS) is 10.9. The molecule has 6 nitrogen and oxygen atoms in total. The molecule has 2 aromatic carbocycles. The van der Waals surface area contributed by atoms with Crippen LogP contribution >= 0.6 is 27.5 Å². The Hall–Kier alpha value is -1.92. The van der Waals surface area contributed by atoms with E-state index in [1.807, 2.05) is 6.07 Å². The number of hydrogen-bond acceptors (Lipinski definition) is 4. The van der Waals surface area contributed by atoms with E-state index in [1.165, 1.54) is 24.3 Å². The number of sulfonamides is 1. The number of carbonyl (C=O) groups is 1. The second kappa shape index (κ2) is 8.45. The molecule has 9 heteroatoms. The Bertz CT molecular complexity index is 925. The van der Waals surface area contributed by atoms with E-state index in [2.05, 4.69) is 26.0 Å². The van der Waals surface area contributed by atoms with Gasteiger partial charge in [0.1, 0.15) is 6.07 Å². The third-order valence-electron chi connectivity index (χ3n) is 3.14. The number of anilines is 1. The molecule has 0 unspecified atom stereocenters. The van der Waals surface area contributed by atoms with Crippen molar-refractivity contribution in [1.29, 1.82) is 5.26 Å². The molecule has 0 fully saturated rings. The Morgan fingerprint density at radius 3 is 2.48 bits per heavy atom. The van der Waals surface area contributed by atoms with Crippen LogP contribution < -0.4 is 10.0 Å². The predicted molar refractivity (Wildman–Crippen MR) is 98.7 cm³/mol. The summed E-state index contributed by atoms with van der Waals surface area (Å²) in [4.78, 5) is 12.0. The van der Waals surface area contributed by atoms with Gasteiger partial charge in [-0.1, -0.05) is 27.5 Å². The average Bonchev–Trinajstić information content (AvgIpc) is 2.55. The van der Waals surface area contributed by atoms with Crippen molar-refractivity contribution in [3.8, 4) is 6.07 Å². The van der Waals surface area contributed by atoms with Crippen molar-refractivity contribution >= 4 is 49.1 Å². The summed E-state index contributed by atoms with van der Waals surface area (Å²) in [5.41, 5.74) is 0.742. The maximum atomic E-state index is 12.1. The van der Waals surface area contributed by atoms with Crippen LogP contribution in [-0.2, 0) is 14.8 Å². The summed E-state index contributed by atoms with van der Waals surface area (Å²) < 4.78 is 27.3. The van der Waals surface area contributed by atoms with Crippen LogP contribution in [0.4, 0.5) is 5.69 Å². The summed E-state index contributed by atoms with van der Waals surface area (Å²) in [5, 5.41) is 11.6. The molecule has 2 rings (SSSR count). The summed E-state index contributed by atoms with van der Waals surface area (Å²) in [6, 6.07) is 12.6. The van der Waals surface area contributed by atoms with Crippen molar-refractivity contribution < 1.29 is 13.2 Å². The van der Waals surface area contributed by atoms with Crippen molar-refractivity contribution in [2.24, 2.45) is 0 Å². The monoisotopic (exact) mass is 441 g/mol. The molecule has 0 aromatic heterocycles. The molecule has 0 aliphatic heterocycles. The number of nitrogens with zero attached hydrogens (tertiary/aromatic N) is 1. The SMILES string of the molecule is N#Cc1ccc(NC(=O)CCNS(=O)(=O)c2ccc(Br)cc2)cc1Cl. The number of hydrogen-bond donors (Lipinski definition) is 2. The first-order valence-corrected chi connectivity index (χ1v) is 9.72. The second-order valence-corrected chi connectivity index (χ2v) is 8.05. The molecule has 130 valence electrons. The standard InChI is InChI=1S/C16H13BrClN3O3S/c17-12-2-5-14(6-3-12)25(23,24)20-8-7-16(22)21-13-4-1-11(10-19)15(18)9-13/h1-6,9,20H,7-8H2,(H,21,22). The molecular formula is C16H13BrClN3O3S. The van der Waals surface area contributed by atoms with Crippen LogP contribution in [-0.4, -0.2) is 20.9 Å². The quantitative estimate of drug-likeness (QED) is 0.717. The highest BCUT2D eigenvalue weighted by Gasteiger charge is 2.14. The van der Waals surface area contributed by atoms with Gasteiger partial charge in [0, 0.05) is 23.1 Å². The number of amides is 1. The molecule has 2 N–H and O–H groups in total. The number of benzene rings is 2. The predicted octanol–water partition coefficient (Wildman–Crippen LogP) is 3.28. The highest BCUT2D eigenvalue weighted by molar-refractivity contribution is 9.10. The van der Waals surface area contributed by atoms with Crippen LogP contribution in [0.2, 0.25) is 5.02 Å². The number of rotatable bonds is 6. The Morgan fingerprint density at radius 2 is 1.88 bits per heavy atom. The van der Waals surface area contributed by atoms with Gasteiger partial charge in [0.2, 0.25) is 15.9 Å². The molecule has 0 aliphatic carbocycles. The van der Waals surface area contributed by atoms with E-state index < -0.39 is 10.0 Å². The Morgan fingerprint density at radius 1 is 1.20 bits per heavy atom. The van der Waals surface area contributed by atoms with Crippen LogP contribution in [0.3, 0.4) is 0 Å². The minimum absolute atomic E-state index is 0.0474.